The van der Waals surface area contributed by atoms with Gasteiger partial charge < -0.3 is 5.32 Å². The monoisotopic (exact) mass is 265 g/mol. The molecule has 0 spiro atoms. The molecule has 1 aromatic rings. The van der Waals surface area contributed by atoms with Gasteiger partial charge in [0.05, 0.1) is 0 Å². The van der Waals surface area contributed by atoms with E-state index in [0.29, 0.717) is 6.04 Å². The highest BCUT2D eigenvalue weighted by atomic mass is 35.5. The van der Waals surface area contributed by atoms with E-state index in [4.69, 9.17) is 11.6 Å². The first-order valence-corrected chi connectivity index (χ1v) is 7.04. The summed E-state index contributed by atoms with van der Waals surface area (Å²) in [5.74, 6) is -0.0547. The average molecular weight is 266 g/mol. The van der Waals surface area contributed by atoms with Crippen LogP contribution in [-0.4, -0.2) is 11.9 Å². The van der Waals surface area contributed by atoms with Gasteiger partial charge in [-0.05, 0) is 43.4 Å². The molecule has 1 N–H and O–H groups in total. The lowest BCUT2D eigenvalue weighted by atomic mass is 9.99. The van der Waals surface area contributed by atoms with Gasteiger partial charge in [0.15, 0.2) is 0 Å². The van der Waals surface area contributed by atoms with Gasteiger partial charge in [0.2, 0.25) is 5.91 Å². The SMILES string of the molecule is Cc1cccc(C)c1C(Cl)C(=O)NC1CCCC1. The maximum absolute atomic E-state index is 12.2. The molecule has 0 aliphatic heterocycles. The van der Waals surface area contributed by atoms with Crippen LogP contribution in [0.4, 0.5) is 0 Å². The van der Waals surface area contributed by atoms with Crippen molar-refractivity contribution in [2.45, 2.75) is 50.9 Å². The second kappa shape index (κ2) is 5.75. The summed E-state index contributed by atoms with van der Waals surface area (Å²) in [6.07, 6.45) is 4.59. The molecule has 1 amide bonds. The lowest BCUT2D eigenvalue weighted by Crippen LogP contribution is -2.35. The summed E-state index contributed by atoms with van der Waals surface area (Å²) in [6.45, 7) is 4.00. The van der Waals surface area contributed by atoms with Gasteiger partial charge in [0.1, 0.15) is 5.38 Å². The van der Waals surface area contributed by atoms with Gasteiger partial charge in [0, 0.05) is 6.04 Å². The number of hydrogen-bond acceptors (Lipinski definition) is 1. The number of amides is 1. The number of carbonyl (C=O) groups is 1. The maximum Gasteiger partial charge on any atom is 0.242 e. The molecule has 1 aliphatic rings. The van der Waals surface area contributed by atoms with E-state index >= 15 is 0 Å². The Labute approximate surface area is 114 Å². The molecule has 1 saturated carbocycles. The summed E-state index contributed by atoms with van der Waals surface area (Å²) in [5, 5.41) is 2.48. The van der Waals surface area contributed by atoms with Crippen molar-refractivity contribution in [2.24, 2.45) is 0 Å². The fourth-order valence-electron chi connectivity index (χ4n) is 2.70. The van der Waals surface area contributed by atoms with Crippen LogP contribution in [0.15, 0.2) is 18.2 Å². The Bertz CT molecular complexity index is 418. The molecule has 0 radical (unpaired) electrons. The molecule has 1 atom stereocenters. The molecule has 0 heterocycles. The third kappa shape index (κ3) is 2.86. The molecule has 3 heteroatoms. The third-order valence-electron chi connectivity index (χ3n) is 3.73. The van der Waals surface area contributed by atoms with Gasteiger partial charge in [0.25, 0.3) is 0 Å². The number of hydrogen-bond donors (Lipinski definition) is 1. The van der Waals surface area contributed by atoms with Gasteiger partial charge in [-0.15, -0.1) is 11.6 Å². The standard InChI is InChI=1S/C15H20ClNO/c1-10-6-5-7-11(2)13(10)14(16)15(18)17-12-8-3-4-9-12/h5-7,12,14H,3-4,8-9H2,1-2H3,(H,17,18). The summed E-state index contributed by atoms with van der Waals surface area (Å²) in [6, 6.07) is 6.32. The van der Waals surface area contributed by atoms with Crippen molar-refractivity contribution in [3.8, 4) is 0 Å². The van der Waals surface area contributed by atoms with Crippen LogP contribution in [0.3, 0.4) is 0 Å². The summed E-state index contributed by atoms with van der Waals surface area (Å²) < 4.78 is 0. The minimum Gasteiger partial charge on any atom is -0.352 e. The third-order valence-corrected chi connectivity index (χ3v) is 4.14. The quantitative estimate of drug-likeness (QED) is 0.831. The minimum absolute atomic E-state index is 0.0547. The highest BCUT2D eigenvalue weighted by molar-refractivity contribution is 6.31. The van der Waals surface area contributed by atoms with Crippen molar-refractivity contribution >= 4 is 17.5 Å². The number of carbonyl (C=O) groups excluding carboxylic acids is 1. The van der Waals surface area contributed by atoms with E-state index in [9.17, 15) is 4.79 Å². The Morgan fingerprint density at radius 2 is 1.83 bits per heavy atom. The van der Waals surface area contributed by atoms with Crippen LogP contribution < -0.4 is 5.32 Å². The van der Waals surface area contributed by atoms with E-state index in [2.05, 4.69) is 5.32 Å². The molecular formula is C15H20ClNO. The lowest BCUT2D eigenvalue weighted by Gasteiger charge is -2.18. The van der Waals surface area contributed by atoms with Crippen molar-refractivity contribution in [1.29, 1.82) is 0 Å². The van der Waals surface area contributed by atoms with Crippen LogP contribution in [0.5, 0.6) is 0 Å². The highest BCUT2D eigenvalue weighted by Gasteiger charge is 2.24. The smallest absolute Gasteiger partial charge is 0.242 e. The van der Waals surface area contributed by atoms with Gasteiger partial charge >= 0.3 is 0 Å². The zero-order valence-electron chi connectivity index (χ0n) is 11.0. The van der Waals surface area contributed by atoms with Crippen molar-refractivity contribution in [3.05, 3.63) is 34.9 Å². The topological polar surface area (TPSA) is 29.1 Å². The van der Waals surface area contributed by atoms with Crippen molar-refractivity contribution in [1.82, 2.24) is 5.32 Å². The zero-order valence-corrected chi connectivity index (χ0v) is 11.8. The molecule has 2 rings (SSSR count). The number of nitrogens with one attached hydrogen (secondary N) is 1. The molecule has 1 unspecified atom stereocenters. The molecule has 1 aliphatic carbocycles. The molecule has 0 aromatic heterocycles. The maximum atomic E-state index is 12.2. The Kier molecular flexibility index (Phi) is 4.28. The van der Waals surface area contributed by atoms with Crippen LogP contribution in [-0.2, 0) is 4.79 Å². The van der Waals surface area contributed by atoms with E-state index < -0.39 is 5.38 Å². The summed E-state index contributed by atoms with van der Waals surface area (Å²) >= 11 is 6.33. The van der Waals surface area contributed by atoms with Crippen molar-refractivity contribution < 1.29 is 4.79 Å². The fourth-order valence-corrected chi connectivity index (χ4v) is 3.11. The highest BCUT2D eigenvalue weighted by Crippen LogP contribution is 2.28. The molecule has 0 saturated heterocycles. The second-order valence-electron chi connectivity index (χ2n) is 5.16. The fraction of sp³-hybridized carbons (Fsp3) is 0.533. The Balaban J connectivity index is 2.10. The first kappa shape index (κ1) is 13.4. The van der Waals surface area contributed by atoms with Crippen LogP contribution >= 0.6 is 11.6 Å². The van der Waals surface area contributed by atoms with E-state index in [1.165, 1.54) is 12.8 Å². The molecule has 98 valence electrons. The predicted octanol–water partition coefficient (Wildman–Crippen LogP) is 3.64. The first-order valence-electron chi connectivity index (χ1n) is 6.60. The van der Waals surface area contributed by atoms with Crippen LogP contribution in [0.2, 0.25) is 0 Å². The number of alkyl halides is 1. The van der Waals surface area contributed by atoms with Crippen LogP contribution in [0.25, 0.3) is 0 Å². The predicted molar refractivity (Wildman–Crippen MR) is 74.9 cm³/mol. The van der Waals surface area contributed by atoms with Gasteiger partial charge in [-0.3, -0.25) is 4.79 Å². The number of benzene rings is 1. The van der Waals surface area contributed by atoms with E-state index in [-0.39, 0.29) is 5.91 Å². The number of halogens is 1. The number of aryl methyl sites for hydroxylation is 2. The van der Waals surface area contributed by atoms with Crippen LogP contribution in [0.1, 0.15) is 47.8 Å². The summed E-state index contributed by atoms with van der Waals surface area (Å²) in [7, 11) is 0. The van der Waals surface area contributed by atoms with E-state index in [1.807, 2.05) is 32.0 Å². The van der Waals surface area contributed by atoms with Gasteiger partial charge in [-0.1, -0.05) is 31.0 Å². The Hall–Kier alpha value is -1.02. The second-order valence-corrected chi connectivity index (χ2v) is 5.59. The van der Waals surface area contributed by atoms with Crippen LogP contribution in [0, 0.1) is 13.8 Å². The zero-order chi connectivity index (χ0) is 13.1. The minimum atomic E-state index is -0.577. The van der Waals surface area contributed by atoms with E-state index in [1.54, 1.807) is 0 Å². The summed E-state index contributed by atoms with van der Waals surface area (Å²) in [4.78, 5) is 12.2. The van der Waals surface area contributed by atoms with Crippen molar-refractivity contribution in [2.75, 3.05) is 0 Å². The van der Waals surface area contributed by atoms with Gasteiger partial charge in [-0.25, -0.2) is 0 Å². The lowest BCUT2D eigenvalue weighted by molar-refractivity contribution is -0.121. The largest absolute Gasteiger partial charge is 0.352 e. The summed E-state index contributed by atoms with van der Waals surface area (Å²) in [5.41, 5.74) is 3.11. The van der Waals surface area contributed by atoms with Crippen molar-refractivity contribution in [3.63, 3.8) is 0 Å². The first-order chi connectivity index (χ1) is 8.59. The van der Waals surface area contributed by atoms with Gasteiger partial charge in [-0.2, -0.15) is 0 Å². The Morgan fingerprint density at radius 3 is 2.39 bits per heavy atom. The molecular weight excluding hydrogens is 246 g/mol. The normalized spacial score (nSPS) is 17.7. The molecule has 18 heavy (non-hydrogen) atoms. The number of rotatable bonds is 3. The molecule has 1 aromatic carbocycles. The Morgan fingerprint density at radius 1 is 1.28 bits per heavy atom. The molecule has 1 fully saturated rings. The molecule has 0 bridgehead atoms. The average Bonchev–Trinajstić information content (AvgIpc) is 2.81. The van der Waals surface area contributed by atoms with E-state index in [0.717, 1.165) is 29.5 Å². The molecule has 2 nitrogen and oxygen atoms in total.